The van der Waals surface area contributed by atoms with Crippen molar-refractivity contribution in [3.63, 3.8) is 0 Å². The second-order valence-electron chi connectivity index (χ2n) is 3.33. The smallest absolute Gasteiger partial charge is 0.271 e. The molecule has 0 radical (unpaired) electrons. The number of nitrogens with zero attached hydrogens (tertiary/aromatic N) is 2. The highest BCUT2D eigenvalue weighted by Gasteiger charge is 2.04. The standard InChI is InChI=1S/C12H18N2O/c1-6-7-8-9-11(15)13-12(10(2)3)14(4)5/h6-9H,2H2,1,3-5H3. The van der Waals surface area contributed by atoms with Crippen LogP contribution in [0.5, 0.6) is 0 Å². The van der Waals surface area contributed by atoms with Crippen LogP contribution in [0.15, 0.2) is 41.4 Å². The molecule has 3 nitrogen and oxygen atoms in total. The van der Waals surface area contributed by atoms with Crippen LogP contribution in [0.25, 0.3) is 0 Å². The number of allylic oxidation sites excluding steroid dienone is 3. The highest BCUT2D eigenvalue weighted by atomic mass is 16.1. The lowest BCUT2D eigenvalue weighted by Gasteiger charge is -2.14. The Hall–Kier alpha value is -1.64. The molecule has 0 aliphatic heterocycles. The van der Waals surface area contributed by atoms with Gasteiger partial charge in [0, 0.05) is 20.2 Å². The first-order valence-corrected chi connectivity index (χ1v) is 4.74. The maximum Gasteiger partial charge on any atom is 0.271 e. The van der Waals surface area contributed by atoms with Crippen LogP contribution in [0.1, 0.15) is 13.8 Å². The van der Waals surface area contributed by atoms with Gasteiger partial charge < -0.3 is 4.90 Å². The lowest BCUT2D eigenvalue weighted by Crippen LogP contribution is -2.23. The van der Waals surface area contributed by atoms with Crippen molar-refractivity contribution in [3.05, 3.63) is 36.5 Å². The first kappa shape index (κ1) is 13.4. The fourth-order valence-corrected chi connectivity index (χ4v) is 0.968. The Morgan fingerprint density at radius 2 is 1.93 bits per heavy atom. The van der Waals surface area contributed by atoms with Crippen LogP contribution < -0.4 is 0 Å². The van der Waals surface area contributed by atoms with E-state index < -0.39 is 0 Å². The van der Waals surface area contributed by atoms with E-state index >= 15 is 0 Å². The number of aliphatic imine (C=N–C) groups is 1. The van der Waals surface area contributed by atoms with Crippen molar-refractivity contribution >= 4 is 11.7 Å². The molecule has 0 bridgehead atoms. The van der Waals surface area contributed by atoms with Crippen molar-refractivity contribution in [2.75, 3.05) is 14.1 Å². The van der Waals surface area contributed by atoms with Crippen molar-refractivity contribution in [3.8, 4) is 0 Å². The van der Waals surface area contributed by atoms with Crippen LogP contribution in [-0.2, 0) is 4.79 Å². The maximum absolute atomic E-state index is 11.4. The summed E-state index contributed by atoms with van der Waals surface area (Å²) in [6.45, 7) is 7.47. The summed E-state index contributed by atoms with van der Waals surface area (Å²) in [6.07, 6.45) is 6.71. The molecule has 82 valence electrons. The molecule has 0 aliphatic carbocycles. The van der Waals surface area contributed by atoms with Crippen LogP contribution in [0.2, 0.25) is 0 Å². The van der Waals surface area contributed by atoms with Crippen LogP contribution in [0.4, 0.5) is 0 Å². The van der Waals surface area contributed by atoms with E-state index in [0.29, 0.717) is 5.84 Å². The zero-order valence-electron chi connectivity index (χ0n) is 9.82. The van der Waals surface area contributed by atoms with E-state index in [4.69, 9.17) is 0 Å². The maximum atomic E-state index is 11.4. The first-order valence-electron chi connectivity index (χ1n) is 4.74. The number of carbonyl (C=O) groups excluding carboxylic acids is 1. The lowest BCUT2D eigenvalue weighted by atomic mass is 10.3. The number of carbonyl (C=O) groups is 1. The minimum atomic E-state index is -0.278. The second kappa shape index (κ2) is 6.76. The van der Waals surface area contributed by atoms with Gasteiger partial charge in [0.2, 0.25) is 0 Å². The minimum Gasteiger partial charge on any atom is -0.362 e. The number of likely N-dealkylation sites (N-methyl/N-ethyl adjacent to an activating group) is 1. The average molecular weight is 206 g/mol. The molecule has 0 rings (SSSR count). The molecule has 0 aromatic rings. The van der Waals surface area contributed by atoms with Gasteiger partial charge in [0.1, 0.15) is 5.84 Å². The van der Waals surface area contributed by atoms with Gasteiger partial charge in [0.05, 0.1) is 0 Å². The van der Waals surface area contributed by atoms with Crippen LogP contribution in [0, 0.1) is 0 Å². The summed E-state index contributed by atoms with van der Waals surface area (Å²) < 4.78 is 0. The zero-order chi connectivity index (χ0) is 11.8. The number of amides is 1. The Bertz CT molecular complexity index is 323. The summed E-state index contributed by atoms with van der Waals surface area (Å²) in [5.74, 6) is 0.324. The normalized spacial score (nSPS) is 12.4. The summed E-state index contributed by atoms with van der Waals surface area (Å²) in [5.41, 5.74) is 0.771. The molecule has 0 aliphatic rings. The summed E-state index contributed by atoms with van der Waals surface area (Å²) in [4.78, 5) is 17.1. The van der Waals surface area contributed by atoms with Gasteiger partial charge in [-0.3, -0.25) is 4.79 Å². The fraction of sp³-hybridized carbons (Fsp3) is 0.333. The molecule has 0 saturated carbocycles. The molecule has 3 heteroatoms. The van der Waals surface area contributed by atoms with E-state index in [1.165, 1.54) is 6.08 Å². The van der Waals surface area contributed by atoms with Gasteiger partial charge in [0.15, 0.2) is 0 Å². The number of hydrogen-bond acceptors (Lipinski definition) is 1. The largest absolute Gasteiger partial charge is 0.362 e. The number of rotatable bonds is 3. The van der Waals surface area contributed by atoms with Crippen LogP contribution in [-0.4, -0.2) is 30.7 Å². The molecule has 0 atom stereocenters. The molecule has 0 spiro atoms. The van der Waals surface area contributed by atoms with E-state index in [0.717, 1.165) is 5.57 Å². The molecular formula is C12H18N2O. The van der Waals surface area contributed by atoms with Crippen molar-refractivity contribution in [2.24, 2.45) is 4.99 Å². The molecule has 0 aromatic carbocycles. The van der Waals surface area contributed by atoms with Gasteiger partial charge in [-0.1, -0.05) is 24.8 Å². The summed E-state index contributed by atoms with van der Waals surface area (Å²) >= 11 is 0. The Morgan fingerprint density at radius 1 is 1.33 bits per heavy atom. The molecular weight excluding hydrogens is 188 g/mol. The Balaban J connectivity index is 4.70. The highest BCUT2D eigenvalue weighted by molar-refractivity contribution is 6.06. The topological polar surface area (TPSA) is 32.7 Å². The minimum absolute atomic E-state index is 0.278. The molecule has 0 unspecified atom stereocenters. The summed E-state index contributed by atoms with van der Waals surface area (Å²) in [7, 11) is 3.66. The molecule has 0 heterocycles. The van der Waals surface area contributed by atoms with E-state index in [9.17, 15) is 4.79 Å². The molecule has 0 aromatic heterocycles. The summed E-state index contributed by atoms with van der Waals surface area (Å²) in [6, 6.07) is 0. The van der Waals surface area contributed by atoms with Crippen molar-refractivity contribution in [1.82, 2.24) is 4.90 Å². The van der Waals surface area contributed by atoms with Gasteiger partial charge in [-0.05, 0) is 19.4 Å². The molecule has 0 saturated heterocycles. The van der Waals surface area contributed by atoms with E-state index in [-0.39, 0.29) is 5.91 Å². The predicted octanol–water partition coefficient (Wildman–Crippen LogP) is 2.18. The molecule has 0 N–H and O–H groups in total. The van der Waals surface area contributed by atoms with Crippen LogP contribution >= 0.6 is 0 Å². The van der Waals surface area contributed by atoms with Gasteiger partial charge in [-0.15, -0.1) is 0 Å². The van der Waals surface area contributed by atoms with Gasteiger partial charge in [0.25, 0.3) is 5.91 Å². The van der Waals surface area contributed by atoms with Gasteiger partial charge in [-0.25, -0.2) is 0 Å². The molecule has 0 fully saturated rings. The third kappa shape index (κ3) is 5.62. The molecule has 15 heavy (non-hydrogen) atoms. The Morgan fingerprint density at radius 3 is 2.33 bits per heavy atom. The predicted molar refractivity (Wildman–Crippen MR) is 64.9 cm³/mol. The SMILES string of the molecule is C=C(C)C(=NC(=O)C=CC=CC)N(C)C. The third-order valence-electron chi connectivity index (χ3n) is 1.56. The quantitative estimate of drug-likeness (QED) is 0.307. The highest BCUT2D eigenvalue weighted by Crippen LogP contribution is 1.97. The zero-order valence-corrected chi connectivity index (χ0v) is 9.82. The van der Waals surface area contributed by atoms with E-state index in [1.54, 1.807) is 17.1 Å². The van der Waals surface area contributed by atoms with Crippen molar-refractivity contribution in [2.45, 2.75) is 13.8 Å². The van der Waals surface area contributed by atoms with E-state index in [1.807, 2.05) is 34.0 Å². The summed E-state index contributed by atoms with van der Waals surface area (Å²) in [5, 5.41) is 0. The van der Waals surface area contributed by atoms with Gasteiger partial charge in [-0.2, -0.15) is 4.99 Å². The van der Waals surface area contributed by atoms with Crippen molar-refractivity contribution < 1.29 is 4.79 Å². The fourth-order valence-electron chi connectivity index (χ4n) is 0.968. The van der Waals surface area contributed by atoms with E-state index in [2.05, 4.69) is 11.6 Å². The number of hydrogen-bond donors (Lipinski definition) is 0. The Kier molecular flexibility index (Phi) is 6.02. The lowest BCUT2D eigenvalue weighted by molar-refractivity contribution is -0.113. The van der Waals surface area contributed by atoms with Crippen LogP contribution in [0.3, 0.4) is 0 Å². The number of amidine groups is 1. The monoisotopic (exact) mass is 206 g/mol. The Labute approximate surface area is 91.5 Å². The van der Waals surface area contributed by atoms with Crippen molar-refractivity contribution in [1.29, 1.82) is 0 Å². The molecule has 1 amide bonds. The average Bonchev–Trinajstić information content (AvgIpc) is 2.13. The van der Waals surface area contributed by atoms with Gasteiger partial charge >= 0.3 is 0 Å². The second-order valence-corrected chi connectivity index (χ2v) is 3.33. The first-order chi connectivity index (χ1) is 6.99. The third-order valence-corrected chi connectivity index (χ3v) is 1.56.